The predicted octanol–water partition coefficient (Wildman–Crippen LogP) is 6.73. The number of nitrogens with zero attached hydrogens (tertiary/aromatic N) is 5. The third-order valence-electron chi connectivity index (χ3n) is 14.5. The maximum absolute atomic E-state index is 14.9. The van der Waals surface area contributed by atoms with Crippen molar-refractivity contribution in [2.45, 2.75) is 122 Å². The summed E-state index contributed by atoms with van der Waals surface area (Å²) < 4.78 is 20.8. The van der Waals surface area contributed by atoms with Crippen LogP contribution >= 0.6 is 12.6 Å². The van der Waals surface area contributed by atoms with Gasteiger partial charge in [0.25, 0.3) is 11.8 Å². The standard InChI is InChI=1S/C55H72N7O7SSi/c1-12-61-45-20-19-39-30-41(45)42(48(61)40-18-14-25-56-47(40)36(4)67-11)31-52(5,6)34-68-51(66)55(71)22-15-26-62(58-55)50(65)44(29-37-16-13-17-38(39)28-37)57-49(64)43(35(2)3)32-69-54(70)24-27-60(33-54)46(63)21-23-53(7,8)59(9)10/h13-14,16-20,25,28,30,35-36,43-44,58,70H,12,15,22,24,26-27,29,31-34H2,1-11H3,(H,57,64)/t36-,43-,44-,54?,55-/m0/s1. The van der Waals surface area contributed by atoms with E-state index in [1.807, 2.05) is 71.8 Å². The van der Waals surface area contributed by atoms with Gasteiger partial charge in [0.2, 0.25) is 5.91 Å². The molecule has 3 aliphatic heterocycles. The highest BCUT2D eigenvalue weighted by Crippen LogP contribution is 2.42. The Hall–Kier alpha value is -5.02. The lowest BCUT2D eigenvalue weighted by molar-refractivity contribution is -0.158. The fourth-order valence-corrected chi connectivity index (χ4v) is 10.3. The molecule has 0 saturated carbocycles. The number of amides is 3. The van der Waals surface area contributed by atoms with E-state index in [9.17, 15) is 19.2 Å². The van der Waals surface area contributed by atoms with E-state index in [1.54, 1.807) is 18.2 Å². The van der Waals surface area contributed by atoms with Gasteiger partial charge in [0, 0.05) is 67.7 Å². The van der Waals surface area contributed by atoms with Crippen LogP contribution in [0.5, 0.6) is 0 Å². The molecule has 3 radical (unpaired) electrons. The zero-order chi connectivity index (χ0) is 51.6. The largest absolute Gasteiger partial charge is 0.464 e. The summed E-state index contributed by atoms with van der Waals surface area (Å²) >= 11 is 4.89. The van der Waals surface area contributed by atoms with Crippen molar-refractivity contribution >= 4 is 57.5 Å². The molecule has 2 fully saturated rings. The van der Waals surface area contributed by atoms with Crippen LogP contribution in [0.1, 0.15) is 97.6 Å². The minimum atomic E-state index is -1.40. The number of ether oxygens (including phenoxy) is 3. The van der Waals surface area contributed by atoms with Gasteiger partial charge in [-0.15, -0.1) is 12.6 Å². The van der Waals surface area contributed by atoms with Gasteiger partial charge in [-0.2, -0.15) is 0 Å². The average Bonchev–Trinajstić information content (AvgIpc) is 3.88. The van der Waals surface area contributed by atoms with E-state index < -0.39 is 44.9 Å². The van der Waals surface area contributed by atoms with Crippen molar-refractivity contribution in [3.63, 3.8) is 0 Å². The second-order valence-electron chi connectivity index (χ2n) is 21.4. The summed E-state index contributed by atoms with van der Waals surface area (Å²) in [5, 5.41) is 4.24. The van der Waals surface area contributed by atoms with Gasteiger partial charge in [0.15, 0.2) is 0 Å². The van der Waals surface area contributed by atoms with Crippen molar-refractivity contribution in [3.8, 4) is 34.2 Å². The van der Waals surface area contributed by atoms with Crippen molar-refractivity contribution in [1.29, 1.82) is 0 Å². The zero-order valence-electron chi connectivity index (χ0n) is 43.4. The number of methoxy groups -OCH3 is 1. The molecule has 2 saturated heterocycles. The molecule has 3 aliphatic rings. The summed E-state index contributed by atoms with van der Waals surface area (Å²) in [7, 11) is 9.28. The van der Waals surface area contributed by atoms with Crippen LogP contribution in [0.3, 0.4) is 0 Å². The predicted molar refractivity (Wildman–Crippen MR) is 281 cm³/mol. The smallest absolute Gasteiger partial charge is 0.323 e. The Kier molecular flexibility index (Phi) is 16.4. The second kappa shape index (κ2) is 21.6. The van der Waals surface area contributed by atoms with Gasteiger partial charge in [-0.3, -0.25) is 34.1 Å². The van der Waals surface area contributed by atoms with Crippen LogP contribution in [0.25, 0.3) is 33.3 Å². The minimum Gasteiger partial charge on any atom is -0.464 e. The monoisotopic (exact) mass is 1000 g/mol. The molecule has 5 heterocycles. The summed E-state index contributed by atoms with van der Waals surface area (Å²) in [6, 6.07) is 17.7. The number of aryl methyl sites for hydroxylation is 1. The molecule has 0 spiro atoms. The number of carbonyl (C=O) groups is 4. The number of pyridine rings is 1. The van der Waals surface area contributed by atoms with E-state index in [-0.39, 0.29) is 50.0 Å². The van der Waals surface area contributed by atoms with Crippen molar-refractivity contribution < 1.29 is 33.4 Å². The van der Waals surface area contributed by atoms with Crippen molar-refractivity contribution in [2.75, 3.05) is 54.1 Å². The molecule has 4 aromatic rings. The lowest BCUT2D eigenvalue weighted by Gasteiger charge is -2.41. The Bertz CT molecular complexity index is 2710. The molecule has 1 unspecified atom stereocenters. The number of hydrazine groups is 1. The number of esters is 1. The molecule has 0 aliphatic carbocycles. The molecule has 2 aromatic heterocycles. The molecular formula is C55H72N7O7SSi. The SMILES string of the molecule is CCn1c(-c2cccnc2[C@H](C)OC)c2c3cc(ccc31)-c1cccc(c1)C[C@H](NC(=O)[C@@H](COC1(S)CCN(C(=O)C#CC(C)(C)N(C)C)C1)C(C)C)C(=O)N1CCC[C@@]([Si])(N1)C(=O)OCC(C)(C)C2. The van der Waals surface area contributed by atoms with Gasteiger partial charge < -0.3 is 29.0 Å². The van der Waals surface area contributed by atoms with E-state index in [0.717, 1.165) is 50.1 Å². The third-order valence-corrected chi connectivity index (χ3v) is 15.6. The van der Waals surface area contributed by atoms with Crippen molar-refractivity contribution in [2.24, 2.45) is 17.3 Å². The van der Waals surface area contributed by atoms with Crippen LogP contribution in [0.2, 0.25) is 0 Å². The maximum Gasteiger partial charge on any atom is 0.323 e. The number of rotatable bonds is 11. The van der Waals surface area contributed by atoms with E-state index in [1.165, 1.54) is 5.01 Å². The second-order valence-corrected chi connectivity index (χ2v) is 23.1. The molecule has 71 heavy (non-hydrogen) atoms. The van der Waals surface area contributed by atoms with Crippen molar-refractivity contribution in [3.05, 3.63) is 77.6 Å². The first kappa shape index (κ1) is 53.8. The summed E-state index contributed by atoms with van der Waals surface area (Å²) in [5.74, 6) is 3.42. The lowest BCUT2D eigenvalue weighted by Crippen LogP contribution is -2.67. The van der Waals surface area contributed by atoms with Crippen LogP contribution in [0, 0.1) is 29.1 Å². The number of thiol groups is 1. The topological polar surface area (TPSA) is 148 Å². The highest BCUT2D eigenvalue weighted by Gasteiger charge is 2.44. The first-order valence-corrected chi connectivity index (χ1v) is 25.8. The first-order valence-electron chi connectivity index (χ1n) is 24.9. The van der Waals surface area contributed by atoms with Crippen LogP contribution in [0.4, 0.5) is 0 Å². The Morgan fingerprint density at radius 1 is 1.07 bits per heavy atom. The molecule has 7 rings (SSSR count). The van der Waals surface area contributed by atoms with Crippen LogP contribution in [-0.2, 0) is 52.8 Å². The Morgan fingerprint density at radius 2 is 1.82 bits per heavy atom. The molecule has 3 amide bonds. The normalized spacial score (nSPS) is 22.7. The maximum atomic E-state index is 14.9. The van der Waals surface area contributed by atoms with Gasteiger partial charge in [0.05, 0.1) is 58.9 Å². The Morgan fingerprint density at radius 3 is 2.52 bits per heavy atom. The number of nitrogens with one attached hydrogen (secondary N) is 2. The van der Waals surface area contributed by atoms with Gasteiger partial charge in [0.1, 0.15) is 16.1 Å². The summed E-state index contributed by atoms with van der Waals surface area (Å²) in [4.78, 5) is 64.2. The van der Waals surface area contributed by atoms with E-state index >= 15 is 0 Å². The van der Waals surface area contributed by atoms with E-state index in [2.05, 4.69) is 94.6 Å². The molecule has 16 heteroatoms. The van der Waals surface area contributed by atoms with Crippen LogP contribution in [0.15, 0.2) is 60.8 Å². The first-order chi connectivity index (χ1) is 33.5. The molecule has 2 N–H and O–H groups in total. The number of hydrogen-bond acceptors (Lipinski definition) is 11. The zero-order valence-corrected chi connectivity index (χ0v) is 45.3. The molecule has 2 aromatic carbocycles. The van der Waals surface area contributed by atoms with Gasteiger partial charge in [-0.25, -0.2) is 5.43 Å². The number of cyclic esters (lactones) is 1. The number of fused-ring (bicyclic) bond motifs is 6. The Labute approximate surface area is 429 Å². The van der Waals surface area contributed by atoms with Gasteiger partial charge in [-0.1, -0.05) is 63.9 Å². The van der Waals surface area contributed by atoms with Crippen molar-refractivity contribution in [1.82, 2.24) is 35.1 Å². The lowest BCUT2D eigenvalue weighted by atomic mass is 9.84. The quantitative estimate of drug-likeness (QED) is 0.0486. The van der Waals surface area contributed by atoms with E-state index in [4.69, 9.17) is 31.8 Å². The molecule has 379 valence electrons. The van der Waals surface area contributed by atoms with Crippen LogP contribution in [-0.4, -0.2) is 134 Å². The molecular weight excluding hydrogens is 931 g/mol. The number of aromatic nitrogens is 2. The fraction of sp³-hybridized carbons (Fsp3) is 0.545. The number of carbonyl (C=O) groups excluding carboxylic acids is 4. The summed E-state index contributed by atoms with van der Waals surface area (Å²) in [6.45, 7) is 17.9. The molecule has 5 atom stereocenters. The summed E-state index contributed by atoms with van der Waals surface area (Å²) in [6.07, 6.45) is 3.60. The fourth-order valence-electron chi connectivity index (χ4n) is 9.59. The number of likely N-dealkylation sites (tertiary alicyclic amines) is 1. The average molecular weight is 1000 g/mol. The number of hydrogen-bond donors (Lipinski definition) is 3. The third kappa shape index (κ3) is 11.9. The molecule has 14 nitrogen and oxygen atoms in total. The highest BCUT2D eigenvalue weighted by molar-refractivity contribution is 7.81. The number of benzene rings is 2. The Balaban J connectivity index is 1.23. The van der Waals surface area contributed by atoms with Gasteiger partial charge >= 0.3 is 5.97 Å². The van der Waals surface area contributed by atoms with Crippen LogP contribution < -0.4 is 10.7 Å². The summed E-state index contributed by atoms with van der Waals surface area (Å²) in [5.41, 5.74) is 10.0. The highest BCUT2D eigenvalue weighted by atomic mass is 32.1. The molecule has 6 bridgehead atoms. The minimum absolute atomic E-state index is 0.0125. The van der Waals surface area contributed by atoms with Gasteiger partial charge in [-0.05, 0) is 119 Å². The van der Waals surface area contributed by atoms with E-state index in [0.29, 0.717) is 45.3 Å².